The molecule has 1 unspecified atom stereocenters. The first kappa shape index (κ1) is 12.2. The Morgan fingerprint density at radius 3 is 3.06 bits per heavy atom. The standard InChI is InChI=1S/C13H14N2O3/c1-9(7-14)8-15-13(16)10-3-2-4-11-12(10)18-6-5-17-11/h2-4,9H,5-6,8H2,1H3,(H,15,16). The van der Waals surface area contributed by atoms with E-state index in [0.717, 1.165) is 0 Å². The fourth-order valence-electron chi connectivity index (χ4n) is 1.64. The third-order valence-corrected chi connectivity index (χ3v) is 2.60. The summed E-state index contributed by atoms with van der Waals surface area (Å²) in [5.41, 5.74) is 0.442. The maximum Gasteiger partial charge on any atom is 0.255 e. The Morgan fingerprint density at radius 2 is 2.28 bits per heavy atom. The zero-order valence-electron chi connectivity index (χ0n) is 10.1. The molecule has 0 bridgehead atoms. The van der Waals surface area contributed by atoms with E-state index in [1.165, 1.54) is 0 Å². The fourth-order valence-corrected chi connectivity index (χ4v) is 1.64. The summed E-state index contributed by atoms with van der Waals surface area (Å²) in [6.07, 6.45) is 0. The van der Waals surface area contributed by atoms with Crippen molar-refractivity contribution in [3.63, 3.8) is 0 Å². The Morgan fingerprint density at radius 1 is 1.50 bits per heavy atom. The van der Waals surface area contributed by atoms with E-state index in [1.807, 2.05) is 0 Å². The van der Waals surface area contributed by atoms with Crippen LogP contribution in [0.25, 0.3) is 0 Å². The molecular weight excluding hydrogens is 232 g/mol. The number of para-hydroxylation sites is 1. The molecule has 2 rings (SSSR count). The molecule has 1 N–H and O–H groups in total. The molecule has 1 amide bonds. The quantitative estimate of drug-likeness (QED) is 0.873. The highest BCUT2D eigenvalue weighted by Gasteiger charge is 2.20. The van der Waals surface area contributed by atoms with E-state index < -0.39 is 0 Å². The van der Waals surface area contributed by atoms with Crippen LogP contribution in [0.4, 0.5) is 0 Å². The van der Waals surface area contributed by atoms with Gasteiger partial charge in [0.15, 0.2) is 11.5 Å². The average molecular weight is 246 g/mol. The summed E-state index contributed by atoms with van der Waals surface area (Å²) in [6.45, 7) is 3.00. The highest BCUT2D eigenvalue weighted by Crippen LogP contribution is 2.33. The zero-order valence-corrected chi connectivity index (χ0v) is 10.1. The SMILES string of the molecule is CC(C#N)CNC(=O)c1cccc2c1OCCO2. The maximum absolute atomic E-state index is 12.0. The van der Waals surface area contributed by atoms with Crippen LogP contribution >= 0.6 is 0 Å². The number of fused-ring (bicyclic) bond motifs is 1. The number of nitrogens with one attached hydrogen (secondary N) is 1. The molecule has 0 aliphatic carbocycles. The van der Waals surface area contributed by atoms with Crippen molar-refractivity contribution in [1.82, 2.24) is 5.32 Å². The first-order valence-corrected chi connectivity index (χ1v) is 5.79. The summed E-state index contributed by atoms with van der Waals surface area (Å²) >= 11 is 0. The number of benzene rings is 1. The Labute approximate surface area is 105 Å². The van der Waals surface area contributed by atoms with Gasteiger partial charge in [-0.1, -0.05) is 6.07 Å². The van der Waals surface area contributed by atoms with Gasteiger partial charge in [0.05, 0.1) is 17.6 Å². The first-order chi connectivity index (χ1) is 8.72. The molecule has 1 aromatic rings. The number of hydrogen-bond donors (Lipinski definition) is 1. The topological polar surface area (TPSA) is 71.4 Å². The third kappa shape index (κ3) is 2.54. The van der Waals surface area contributed by atoms with Gasteiger partial charge in [0.1, 0.15) is 13.2 Å². The van der Waals surface area contributed by atoms with Gasteiger partial charge in [0.25, 0.3) is 5.91 Å². The predicted molar refractivity (Wildman–Crippen MR) is 64.5 cm³/mol. The Kier molecular flexibility index (Phi) is 3.68. The van der Waals surface area contributed by atoms with Gasteiger partial charge in [-0.25, -0.2) is 0 Å². The van der Waals surface area contributed by atoms with Gasteiger partial charge in [0.2, 0.25) is 0 Å². The van der Waals surface area contributed by atoms with Crippen LogP contribution in [0.15, 0.2) is 18.2 Å². The zero-order chi connectivity index (χ0) is 13.0. The van der Waals surface area contributed by atoms with Crippen molar-refractivity contribution < 1.29 is 14.3 Å². The van der Waals surface area contributed by atoms with Gasteiger partial charge in [-0.3, -0.25) is 4.79 Å². The highest BCUT2D eigenvalue weighted by molar-refractivity contribution is 5.97. The number of nitrogens with zero attached hydrogens (tertiary/aromatic N) is 1. The van der Waals surface area contributed by atoms with Crippen molar-refractivity contribution in [2.45, 2.75) is 6.92 Å². The molecule has 1 aliphatic rings. The van der Waals surface area contributed by atoms with Gasteiger partial charge in [0, 0.05) is 6.54 Å². The second-order valence-electron chi connectivity index (χ2n) is 4.07. The lowest BCUT2D eigenvalue weighted by Gasteiger charge is -2.20. The van der Waals surface area contributed by atoms with Crippen LogP contribution in [-0.2, 0) is 0 Å². The monoisotopic (exact) mass is 246 g/mol. The van der Waals surface area contributed by atoms with Gasteiger partial charge >= 0.3 is 0 Å². The summed E-state index contributed by atoms with van der Waals surface area (Å²) in [6, 6.07) is 7.26. The van der Waals surface area contributed by atoms with Crippen molar-refractivity contribution in [1.29, 1.82) is 5.26 Å². The normalized spacial score (nSPS) is 14.4. The first-order valence-electron chi connectivity index (χ1n) is 5.79. The molecule has 1 aliphatic heterocycles. The minimum Gasteiger partial charge on any atom is -0.486 e. The Balaban J connectivity index is 2.13. The van der Waals surface area contributed by atoms with Crippen molar-refractivity contribution in [3.05, 3.63) is 23.8 Å². The van der Waals surface area contributed by atoms with Crippen LogP contribution in [-0.4, -0.2) is 25.7 Å². The summed E-state index contributed by atoms with van der Waals surface area (Å²) in [4.78, 5) is 12.0. The van der Waals surface area contributed by atoms with Crippen LogP contribution in [0.3, 0.4) is 0 Å². The molecule has 1 aromatic carbocycles. The van der Waals surface area contributed by atoms with Crippen molar-refractivity contribution >= 4 is 5.91 Å². The average Bonchev–Trinajstić information content (AvgIpc) is 2.43. The van der Waals surface area contributed by atoms with Crippen LogP contribution in [0.2, 0.25) is 0 Å². The number of nitriles is 1. The minimum absolute atomic E-state index is 0.217. The van der Waals surface area contributed by atoms with E-state index in [0.29, 0.717) is 36.8 Å². The second kappa shape index (κ2) is 5.41. The van der Waals surface area contributed by atoms with Gasteiger partial charge in [-0.2, -0.15) is 5.26 Å². The lowest BCUT2D eigenvalue weighted by molar-refractivity contribution is 0.0939. The van der Waals surface area contributed by atoms with E-state index in [9.17, 15) is 4.79 Å². The molecule has 18 heavy (non-hydrogen) atoms. The van der Waals surface area contributed by atoms with Crippen molar-refractivity contribution in [2.75, 3.05) is 19.8 Å². The van der Waals surface area contributed by atoms with Gasteiger partial charge in [-0.15, -0.1) is 0 Å². The summed E-state index contributed by atoms with van der Waals surface area (Å²) < 4.78 is 10.9. The predicted octanol–water partition coefficient (Wildman–Crippen LogP) is 1.35. The highest BCUT2D eigenvalue weighted by atomic mass is 16.6. The lowest BCUT2D eigenvalue weighted by atomic mass is 10.1. The van der Waals surface area contributed by atoms with Crippen LogP contribution in [0, 0.1) is 17.2 Å². The van der Waals surface area contributed by atoms with E-state index in [4.69, 9.17) is 14.7 Å². The molecule has 5 heteroatoms. The fraction of sp³-hybridized carbons (Fsp3) is 0.385. The molecule has 1 atom stereocenters. The minimum atomic E-state index is -0.251. The smallest absolute Gasteiger partial charge is 0.255 e. The third-order valence-electron chi connectivity index (χ3n) is 2.60. The summed E-state index contributed by atoms with van der Waals surface area (Å²) in [5, 5.41) is 11.4. The molecule has 0 saturated carbocycles. The number of carbonyl (C=O) groups excluding carboxylic acids is 1. The maximum atomic E-state index is 12.0. The lowest BCUT2D eigenvalue weighted by Crippen LogP contribution is -2.29. The summed E-state index contributed by atoms with van der Waals surface area (Å²) in [7, 11) is 0. The molecule has 94 valence electrons. The van der Waals surface area contributed by atoms with E-state index >= 15 is 0 Å². The van der Waals surface area contributed by atoms with E-state index in [-0.39, 0.29) is 11.8 Å². The molecule has 0 aromatic heterocycles. The molecular formula is C13H14N2O3. The van der Waals surface area contributed by atoms with Crippen molar-refractivity contribution in [2.24, 2.45) is 5.92 Å². The number of ether oxygens (including phenoxy) is 2. The molecule has 5 nitrogen and oxygen atoms in total. The van der Waals surface area contributed by atoms with Gasteiger partial charge in [-0.05, 0) is 19.1 Å². The van der Waals surface area contributed by atoms with E-state index in [2.05, 4.69) is 11.4 Å². The van der Waals surface area contributed by atoms with Crippen LogP contribution in [0.1, 0.15) is 17.3 Å². The second-order valence-corrected chi connectivity index (χ2v) is 4.07. The molecule has 1 heterocycles. The van der Waals surface area contributed by atoms with Crippen LogP contribution in [0.5, 0.6) is 11.5 Å². The summed E-state index contributed by atoms with van der Waals surface area (Å²) in [5.74, 6) is 0.596. The largest absolute Gasteiger partial charge is 0.486 e. The molecule has 0 saturated heterocycles. The van der Waals surface area contributed by atoms with Gasteiger partial charge < -0.3 is 14.8 Å². The molecule has 0 radical (unpaired) electrons. The van der Waals surface area contributed by atoms with Crippen LogP contribution < -0.4 is 14.8 Å². The Bertz CT molecular complexity index is 493. The van der Waals surface area contributed by atoms with E-state index in [1.54, 1.807) is 25.1 Å². The Hall–Kier alpha value is -2.22. The number of amides is 1. The molecule has 0 fully saturated rings. The number of carbonyl (C=O) groups is 1. The van der Waals surface area contributed by atoms with Crippen molar-refractivity contribution in [3.8, 4) is 17.6 Å². The number of hydrogen-bond acceptors (Lipinski definition) is 4. The number of rotatable bonds is 3. The molecule has 0 spiro atoms.